The monoisotopic (exact) mass is 280 g/mol. The maximum absolute atomic E-state index is 3.77. The van der Waals surface area contributed by atoms with Crippen molar-refractivity contribution in [3.8, 4) is 0 Å². The molecule has 2 fully saturated rings. The molecule has 0 aliphatic heterocycles. The van der Waals surface area contributed by atoms with E-state index in [0.29, 0.717) is 11.6 Å². The lowest BCUT2D eigenvalue weighted by molar-refractivity contribution is 0.0153. The third kappa shape index (κ3) is 3.39. The molecule has 0 saturated heterocycles. The first kappa shape index (κ1) is 16.3. The number of likely N-dealkylation sites (N-methyl/N-ethyl adjacent to an activating group) is 2. The SMILES string of the molecule is CNC(C1CCCCCC1)C1(N(C)C)CCCC(C)C1. The molecule has 0 radical (unpaired) electrons. The average molecular weight is 280 g/mol. The smallest absolute Gasteiger partial charge is 0.0361 e. The first-order valence-corrected chi connectivity index (χ1v) is 8.95. The van der Waals surface area contributed by atoms with Gasteiger partial charge in [0.1, 0.15) is 0 Å². The first-order chi connectivity index (χ1) is 9.60. The van der Waals surface area contributed by atoms with Crippen LogP contribution in [0.1, 0.15) is 71.1 Å². The minimum Gasteiger partial charge on any atom is -0.315 e. The molecule has 0 aromatic heterocycles. The highest BCUT2D eigenvalue weighted by atomic mass is 15.2. The number of hydrogen-bond acceptors (Lipinski definition) is 2. The molecule has 0 bridgehead atoms. The maximum atomic E-state index is 3.77. The number of nitrogens with zero attached hydrogens (tertiary/aromatic N) is 1. The van der Waals surface area contributed by atoms with E-state index in [0.717, 1.165) is 11.8 Å². The molecule has 2 aliphatic carbocycles. The molecule has 2 nitrogen and oxygen atoms in total. The summed E-state index contributed by atoms with van der Waals surface area (Å²) in [5.74, 6) is 1.77. The van der Waals surface area contributed by atoms with E-state index in [1.807, 2.05) is 0 Å². The van der Waals surface area contributed by atoms with E-state index in [-0.39, 0.29) is 0 Å². The van der Waals surface area contributed by atoms with Gasteiger partial charge in [-0.05, 0) is 58.7 Å². The molecule has 1 N–H and O–H groups in total. The predicted octanol–water partition coefficient (Wildman–Crippen LogP) is 4.06. The van der Waals surface area contributed by atoms with Gasteiger partial charge in [0.2, 0.25) is 0 Å². The molecule has 0 heterocycles. The Morgan fingerprint density at radius 2 is 1.65 bits per heavy atom. The van der Waals surface area contributed by atoms with Crippen LogP contribution in [-0.4, -0.2) is 37.6 Å². The minimum absolute atomic E-state index is 0.390. The quantitative estimate of drug-likeness (QED) is 0.781. The van der Waals surface area contributed by atoms with Crippen molar-refractivity contribution in [3.05, 3.63) is 0 Å². The molecule has 0 amide bonds. The Balaban J connectivity index is 2.19. The largest absolute Gasteiger partial charge is 0.315 e. The van der Waals surface area contributed by atoms with Crippen LogP contribution in [0.5, 0.6) is 0 Å². The van der Waals surface area contributed by atoms with Gasteiger partial charge in [0, 0.05) is 11.6 Å². The summed E-state index contributed by atoms with van der Waals surface area (Å²) in [5, 5.41) is 3.77. The summed E-state index contributed by atoms with van der Waals surface area (Å²) in [6.07, 6.45) is 14.3. The fourth-order valence-corrected chi connectivity index (χ4v) is 5.12. The van der Waals surface area contributed by atoms with Crippen LogP contribution < -0.4 is 5.32 Å². The molecule has 0 aromatic carbocycles. The average Bonchev–Trinajstić information content (AvgIpc) is 2.68. The highest BCUT2D eigenvalue weighted by molar-refractivity contribution is 5.04. The van der Waals surface area contributed by atoms with Gasteiger partial charge in [0.25, 0.3) is 0 Å². The molecule has 0 spiro atoms. The Hall–Kier alpha value is -0.0800. The lowest BCUT2D eigenvalue weighted by Gasteiger charge is -2.52. The second-order valence-corrected chi connectivity index (χ2v) is 7.72. The summed E-state index contributed by atoms with van der Waals surface area (Å²) >= 11 is 0. The van der Waals surface area contributed by atoms with E-state index in [9.17, 15) is 0 Å². The third-order valence-electron chi connectivity index (χ3n) is 6.16. The van der Waals surface area contributed by atoms with Crippen molar-refractivity contribution >= 4 is 0 Å². The molecule has 118 valence electrons. The molecule has 3 unspecified atom stereocenters. The molecular weight excluding hydrogens is 244 g/mol. The Bertz CT molecular complexity index is 281. The Kier molecular flexibility index (Phi) is 5.92. The third-order valence-corrected chi connectivity index (χ3v) is 6.16. The van der Waals surface area contributed by atoms with Gasteiger partial charge in [0.15, 0.2) is 0 Å². The van der Waals surface area contributed by atoms with E-state index in [4.69, 9.17) is 0 Å². The van der Waals surface area contributed by atoms with Crippen LogP contribution in [-0.2, 0) is 0 Å². The lowest BCUT2D eigenvalue weighted by atomic mass is 9.67. The molecule has 2 rings (SSSR count). The van der Waals surface area contributed by atoms with Crippen molar-refractivity contribution in [2.75, 3.05) is 21.1 Å². The van der Waals surface area contributed by atoms with Crippen LogP contribution in [0.4, 0.5) is 0 Å². The fourth-order valence-electron chi connectivity index (χ4n) is 5.12. The second-order valence-electron chi connectivity index (χ2n) is 7.72. The first-order valence-electron chi connectivity index (χ1n) is 8.95. The van der Waals surface area contributed by atoms with Crippen LogP contribution in [0, 0.1) is 11.8 Å². The maximum Gasteiger partial charge on any atom is 0.0361 e. The molecular formula is C18H36N2. The highest BCUT2D eigenvalue weighted by Crippen LogP contribution is 2.42. The summed E-state index contributed by atoms with van der Waals surface area (Å²) in [6.45, 7) is 2.46. The van der Waals surface area contributed by atoms with E-state index >= 15 is 0 Å². The van der Waals surface area contributed by atoms with Crippen molar-refractivity contribution in [3.63, 3.8) is 0 Å². The van der Waals surface area contributed by atoms with Crippen molar-refractivity contribution in [1.82, 2.24) is 10.2 Å². The van der Waals surface area contributed by atoms with E-state index < -0.39 is 0 Å². The van der Waals surface area contributed by atoms with Crippen LogP contribution in [0.15, 0.2) is 0 Å². The lowest BCUT2D eigenvalue weighted by Crippen LogP contribution is -2.62. The second kappa shape index (κ2) is 7.26. The van der Waals surface area contributed by atoms with Gasteiger partial charge in [-0.15, -0.1) is 0 Å². The van der Waals surface area contributed by atoms with Crippen molar-refractivity contribution in [2.24, 2.45) is 11.8 Å². The molecule has 2 saturated carbocycles. The summed E-state index contributed by atoms with van der Waals surface area (Å²) in [7, 11) is 6.85. The van der Waals surface area contributed by atoms with Crippen LogP contribution in [0.3, 0.4) is 0 Å². The van der Waals surface area contributed by atoms with Gasteiger partial charge < -0.3 is 10.2 Å². The normalized spacial score (nSPS) is 35.0. The van der Waals surface area contributed by atoms with Gasteiger partial charge in [-0.1, -0.05) is 45.4 Å². The van der Waals surface area contributed by atoms with Crippen molar-refractivity contribution in [1.29, 1.82) is 0 Å². The van der Waals surface area contributed by atoms with E-state index in [1.54, 1.807) is 0 Å². The van der Waals surface area contributed by atoms with Crippen LogP contribution in [0.2, 0.25) is 0 Å². The summed E-state index contributed by atoms with van der Waals surface area (Å²) in [5.41, 5.74) is 0.390. The standard InChI is InChI=1S/C18H36N2/c1-15-10-9-13-18(14-15,20(3)4)17(19-2)16-11-7-5-6-8-12-16/h15-17,19H,5-14H2,1-4H3. The molecule has 20 heavy (non-hydrogen) atoms. The Morgan fingerprint density at radius 3 is 2.15 bits per heavy atom. The minimum atomic E-state index is 0.390. The fraction of sp³-hybridized carbons (Fsp3) is 1.00. The van der Waals surface area contributed by atoms with Crippen molar-refractivity contribution in [2.45, 2.75) is 82.7 Å². The summed E-state index contributed by atoms with van der Waals surface area (Å²) in [4.78, 5) is 2.56. The molecule has 3 atom stereocenters. The van der Waals surface area contributed by atoms with Crippen LogP contribution in [0.25, 0.3) is 0 Å². The highest BCUT2D eigenvalue weighted by Gasteiger charge is 2.45. The zero-order valence-electron chi connectivity index (χ0n) is 14.3. The Labute approximate surface area is 126 Å². The molecule has 0 aromatic rings. The van der Waals surface area contributed by atoms with E-state index in [2.05, 4.69) is 38.3 Å². The predicted molar refractivity (Wildman–Crippen MR) is 88.1 cm³/mol. The molecule has 2 aliphatic rings. The summed E-state index contributed by atoms with van der Waals surface area (Å²) in [6, 6.07) is 0.679. The molecule has 2 heteroatoms. The zero-order chi connectivity index (χ0) is 14.6. The number of hydrogen-bond donors (Lipinski definition) is 1. The van der Waals surface area contributed by atoms with Gasteiger partial charge in [-0.25, -0.2) is 0 Å². The van der Waals surface area contributed by atoms with Gasteiger partial charge >= 0.3 is 0 Å². The number of rotatable bonds is 4. The van der Waals surface area contributed by atoms with Gasteiger partial charge in [-0.2, -0.15) is 0 Å². The zero-order valence-corrected chi connectivity index (χ0v) is 14.3. The topological polar surface area (TPSA) is 15.3 Å². The van der Waals surface area contributed by atoms with Crippen LogP contribution >= 0.6 is 0 Å². The van der Waals surface area contributed by atoms with E-state index in [1.165, 1.54) is 64.2 Å². The van der Waals surface area contributed by atoms with Gasteiger partial charge in [0.05, 0.1) is 0 Å². The number of nitrogens with one attached hydrogen (secondary N) is 1. The van der Waals surface area contributed by atoms with Gasteiger partial charge in [-0.3, -0.25) is 0 Å². The van der Waals surface area contributed by atoms with Crippen molar-refractivity contribution < 1.29 is 0 Å². The summed E-state index contributed by atoms with van der Waals surface area (Å²) < 4.78 is 0. The Morgan fingerprint density at radius 1 is 1.00 bits per heavy atom.